The molecule has 0 aromatic heterocycles. The number of carbonyl (C=O) groups excluding carboxylic acids is 2. The Morgan fingerprint density at radius 2 is 1.78 bits per heavy atom. The summed E-state index contributed by atoms with van der Waals surface area (Å²) in [6, 6.07) is 8.28. The van der Waals surface area contributed by atoms with Gasteiger partial charge < -0.3 is 20.3 Å². The molecule has 2 fully saturated rings. The molecule has 2 saturated carbocycles. The third-order valence-corrected chi connectivity index (χ3v) is 7.21. The van der Waals surface area contributed by atoms with Crippen LogP contribution in [0.15, 0.2) is 24.3 Å². The van der Waals surface area contributed by atoms with Gasteiger partial charge in [0.25, 0.3) is 0 Å². The fraction of sp³-hybridized carbons (Fsp3) is 0.692. The summed E-state index contributed by atoms with van der Waals surface area (Å²) in [6.07, 6.45) is 4.48. The molecule has 32 heavy (non-hydrogen) atoms. The molecule has 1 heterocycles. The lowest BCUT2D eigenvalue weighted by Gasteiger charge is -2.54. The first kappa shape index (κ1) is 23.1. The van der Waals surface area contributed by atoms with Crippen LogP contribution < -0.4 is 10.6 Å². The molecule has 6 heteroatoms. The first-order chi connectivity index (χ1) is 14.9. The second-order valence-corrected chi connectivity index (χ2v) is 11.9. The zero-order valence-corrected chi connectivity index (χ0v) is 20.3. The Labute approximate surface area is 192 Å². The standard InChI is InChI=1S/C26H39N3O3/c1-18-10-19-12-25(5,32-23(31)28-24(2,3)4)17-26(11-18,13-19)27-14-22(30)29-15-20-8-6-7-9-21(20)16-29/h6-9,18-19,27H,10-17H2,1-5H3,(H,28,31). The van der Waals surface area contributed by atoms with E-state index >= 15 is 0 Å². The van der Waals surface area contributed by atoms with Crippen molar-refractivity contribution in [1.29, 1.82) is 0 Å². The molecule has 2 amide bonds. The van der Waals surface area contributed by atoms with Crippen molar-refractivity contribution >= 4 is 12.0 Å². The van der Waals surface area contributed by atoms with E-state index in [0.29, 0.717) is 31.5 Å². The van der Waals surface area contributed by atoms with Gasteiger partial charge in [0.2, 0.25) is 5.91 Å². The van der Waals surface area contributed by atoms with Gasteiger partial charge in [-0.1, -0.05) is 31.2 Å². The third kappa shape index (κ3) is 5.28. The van der Waals surface area contributed by atoms with Gasteiger partial charge in [-0.2, -0.15) is 0 Å². The van der Waals surface area contributed by atoms with Crippen molar-refractivity contribution in [2.24, 2.45) is 11.8 Å². The number of nitrogens with one attached hydrogen (secondary N) is 2. The Morgan fingerprint density at radius 3 is 2.41 bits per heavy atom. The van der Waals surface area contributed by atoms with Crippen molar-refractivity contribution in [3.8, 4) is 0 Å². The zero-order chi connectivity index (χ0) is 23.1. The summed E-state index contributed by atoms with van der Waals surface area (Å²) in [4.78, 5) is 27.6. The molecule has 0 radical (unpaired) electrons. The highest BCUT2D eigenvalue weighted by molar-refractivity contribution is 5.79. The Kier molecular flexibility index (Phi) is 6.03. The van der Waals surface area contributed by atoms with Gasteiger partial charge in [0, 0.05) is 30.6 Å². The van der Waals surface area contributed by atoms with E-state index in [0.717, 1.165) is 32.1 Å². The molecule has 2 N–H and O–H groups in total. The van der Waals surface area contributed by atoms with Crippen LogP contribution in [-0.4, -0.2) is 40.1 Å². The summed E-state index contributed by atoms with van der Waals surface area (Å²) in [5.41, 5.74) is 1.46. The van der Waals surface area contributed by atoms with Crippen LogP contribution >= 0.6 is 0 Å². The van der Waals surface area contributed by atoms with E-state index in [4.69, 9.17) is 4.74 Å². The zero-order valence-electron chi connectivity index (χ0n) is 20.3. The number of rotatable bonds is 4. The van der Waals surface area contributed by atoms with E-state index in [1.807, 2.05) is 37.8 Å². The average Bonchev–Trinajstić information content (AvgIpc) is 3.07. The normalized spacial score (nSPS) is 31.7. The predicted molar refractivity (Wildman–Crippen MR) is 125 cm³/mol. The van der Waals surface area contributed by atoms with Crippen LogP contribution in [0.2, 0.25) is 0 Å². The summed E-state index contributed by atoms with van der Waals surface area (Å²) in [5, 5.41) is 6.61. The van der Waals surface area contributed by atoms with E-state index < -0.39 is 5.60 Å². The second kappa shape index (κ2) is 8.36. The van der Waals surface area contributed by atoms with E-state index in [9.17, 15) is 9.59 Å². The van der Waals surface area contributed by atoms with Gasteiger partial charge in [-0.15, -0.1) is 0 Å². The maximum atomic E-state index is 13.1. The van der Waals surface area contributed by atoms with Crippen LogP contribution in [0, 0.1) is 11.8 Å². The van der Waals surface area contributed by atoms with Gasteiger partial charge in [0.05, 0.1) is 6.54 Å². The van der Waals surface area contributed by atoms with Crippen molar-refractivity contribution in [3.05, 3.63) is 35.4 Å². The smallest absolute Gasteiger partial charge is 0.408 e. The van der Waals surface area contributed by atoms with Crippen molar-refractivity contribution < 1.29 is 14.3 Å². The summed E-state index contributed by atoms with van der Waals surface area (Å²) in [7, 11) is 0. The molecule has 1 aliphatic heterocycles. The minimum atomic E-state index is -0.529. The van der Waals surface area contributed by atoms with E-state index in [-0.39, 0.29) is 23.1 Å². The molecule has 176 valence electrons. The van der Waals surface area contributed by atoms with Crippen LogP contribution in [0.25, 0.3) is 0 Å². The number of hydrogen-bond donors (Lipinski definition) is 2. The maximum Gasteiger partial charge on any atom is 0.408 e. The van der Waals surface area contributed by atoms with E-state index in [1.165, 1.54) is 11.1 Å². The van der Waals surface area contributed by atoms with Crippen molar-refractivity contribution in [1.82, 2.24) is 15.5 Å². The fourth-order valence-corrected chi connectivity index (χ4v) is 6.46. The van der Waals surface area contributed by atoms with Crippen molar-refractivity contribution in [2.75, 3.05) is 6.54 Å². The van der Waals surface area contributed by atoms with Gasteiger partial charge >= 0.3 is 6.09 Å². The minimum absolute atomic E-state index is 0.143. The molecule has 2 aliphatic carbocycles. The Bertz CT molecular complexity index is 850. The number of fused-ring (bicyclic) bond motifs is 3. The van der Waals surface area contributed by atoms with E-state index in [1.54, 1.807) is 0 Å². The highest BCUT2D eigenvalue weighted by atomic mass is 16.6. The number of benzene rings is 1. The second-order valence-electron chi connectivity index (χ2n) is 11.9. The number of ether oxygens (including phenoxy) is 1. The number of amides is 2. The van der Waals surface area contributed by atoms with Gasteiger partial charge in [0.15, 0.2) is 0 Å². The predicted octanol–water partition coefficient (Wildman–Crippen LogP) is 4.37. The lowest BCUT2D eigenvalue weighted by atomic mass is 9.59. The molecule has 6 nitrogen and oxygen atoms in total. The largest absolute Gasteiger partial charge is 0.443 e. The Hall–Kier alpha value is -2.08. The third-order valence-electron chi connectivity index (χ3n) is 7.21. The van der Waals surface area contributed by atoms with Crippen LogP contribution in [0.1, 0.15) is 77.8 Å². The molecule has 0 spiro atoms. The lowest BCUT2D eigenvalue weighted by molar-refractivity contribution is -0.132. The Morgan fingerprint density at radius 1 is 1.12 bits per heavy atom. The van der Waals surface area contributed by atoms with E-state index in [2.05, 4.69) is 36.6 Å². The molecule has 0 saturated heterocycles. The maximum absolute atomic E-state index is 13.1. The van der Waals surface area contributed by atoms with Crippen LogP contribution in [0.3, 0.4) is 0 Å². The lowest BCUT2D eigenvalue weighted by Crippen LogP contribution is -2.61. The van der Waals surface area contributed by atoms with Crippen LogP contribution in [0.4, 0.5) is 4.79 Å². The van der Waals surface area contributed by atoms with Gasteiger partial charge in [-0.25, -0.2) is 4.79 Å². The van der Waals surface area contributed by atoms with Gasteiger partial charge in [0.1, 0.15) is 5.60 Å². The fourth-order valence-electron chi connectivity index (χ4n) is 6.46. The SMILES string of the molecule is CC1CC2CC(NCC(=O)N3Cc4ccccc4C3)(C1)CC(C)(OC(=O)NC(C)(C)C)C2. The molecule has 4 atom stereocenters. The first-order valence-corrected chi connectivity index (χ1v) is 12.1. The summed E-state index contributed by atoms with van der Waals surface area (Å²) in [5.74, 6) is 1.24. The van der Waals surface area contributed by atoms with Crippen LogP contribution in [-0.2, 0) is 22.6 Å². The highest BCUT2D eigenvalue weighted by Gasteiger charge is 2.51. The van der Waals surface area contributed by atoms with Crippen LogP contribution in [0.5, 0.6) is 0 Å². The summed E-state index contributed by atoms with van der Waals surface area (Å²) >= 11 is 0. The number of alkyl carbamates (subject to hydrolysis) is 1. The highest BCUT2D eigenvalue weighted by Crippen LogP contribution is 2.50. The topological polar surface area (TPSA) is 70.7 Å². The average molecular weight is 442 g/mol. The number of hydrogen-bond acceptors (Lipinski definition) is 4. The summed E-state index contributed by atoms with van der Waals surface area (Å²) in [6.45, 7) is 12.0. The molecule has 1 aromatic carbocycles. The number of carbonyl (C=O) groups is 2. The first-order valence-electron chi connectivity index (χ1n) is 12.1. The number of nitrogens with zero attached hydrogens (tertiary/aromatic N) is 1. The molecule has 3 aliphatic rings. The molecule has 2 bridgehead atoms. The molecule has 4 rings (SSSR count). The Balaban J connectivity index is 1.41. The quantitative estimate of drug-likeness (QED) is 0.728. The molecular formula is C26H39N3O3. The summed E-state index contributed by atoms with van der Waals surface area (Å²) < 4.78 is 6.02. The van der Waals surface area contributed by atoms with Crippen molar-refractivity contribution in [2.45, 2.75) is 96.5 Å². The molecule has 4 unspecified atom stereocenters. The van der Waals surface area contributed by atoms with Crippen molar-refractivity contribution in [3.63, 3.8) is 0 Å². The molecule has 1 aromatic rings. The minimum Gasteiger partial charge on any atom is -0.443 e. The van der Waals surface area contributed by atoms with Gasteiger partial charge in [-0.3, -0.25) is 4.79 Å². The van der Waals surface area contributed by atoms with Gasteiger partial charge in [-0.05, 0) is 76.3 Å². The molecular weight excluding hydrogens is 402 g/mol. The monoisotopic (exact) mass is 441 g/mol.